The minimum Gasteiger partial charge on any atom is -0.372 e. The highest BCUT2D eigenvalue weighted by atomic mass is 127. The second-order valence-electron chi connectivity index (χ2n) is 4.07. The van der Waals surface area contributed by atoms with E-state index in [9.17, 15) is 0 Å². The van der Waals surface area contributed by atoms with Gasteiger partial charge in [-0.25, -0.2) is 4.98 Å². The lowest BCUT2D eigenvalue weighted by Crippen LogP contribution is -2.31. The first-order valence-electron chi connectivity index (χ1n) is 5.69. The van der Waals surface area contributed by atoms with Gasteiger partial charge in [0.05, 0.1) is 9.26 Å². The maximum atomic E-state index is 4.57. The SMILES string of the molecule is CNc1nc(N2CCCCC2)nc(C)c1I. The van der Waals surface area contributed by atoms with Crippen LogP contribution in [0.15, 0.2) is 0 Å². The van der Waals surface area contributed by atoms with E-state index in [1.165, 1.54) is 19.3 Å². The molecule has 1 aromatic heterocycles. The fourth-order valence-electron chi connectivity index (χ4n) is 1.95. The highest BCUT2D eigenvalue weighted by molar-refractivity contribution is 14.1. The van der Waals surface area contributed by atoms with Gasteiger partial charge in [0.25, 0.3) is 0 Å². The summed E-state index contributed by atoms with van der Waals surface area (Å²) in [7, 11) is 1.91. The third kappa shape index (κ3) is 2.39. The van der Waals surface area contributed by atoms with Crippen LogP contribution in [0, 0.1) is 10.5 Å². The molecule has 0 saturated carbocycles. The Kier molecular flexibility index (Phi) is 3.83. The molecule has 0 radical (unpaired) electrons. The van der Waals surface area contributed by atoms with Crippen LogP contribution in [-0.4, -0.2) is 30.1 Å². The molecular weight excluding hydrogens is 315 g/mol. The van der Waals surface area contributed by atoms with Crippen LogP contribution in [0.3, 0.4) is 0 Å². The molecule has 0 amide bonds. The zero-order valence-electron chi connectivity index (χ0n) is 9.76. The summed E-state index contributed by atoms with van der Waals surface area (Å²) in [5, 5.41) is 3.13. The average Bonchev–Trinajstić information content (AvgIpc) is 2.33. The molecule has 1 saturated heterocycles. The number of aryl methyl sites for hydroxylation is 1. The van der Waals surface area contributed by atoms with Gasteiger partial charge in [-0.15, -0.1) is 0 Å². The molecule has 1 aromatic rings. The standard InChI is InChI=1S/C11H17IN4/c1-8-9(12)10(13-2)15-11(14-8)16-6-4-3-5-7-16/h3-7H2,1-2H3,(H,13,14,15). The lowest BCUT2D eigenvalue weighted by molar-refractivity contribution is 0.567. The number of nitrogens with one attached hydrogen (secondary N) is 1. The van der Waals surface area contributed by atoms with E-state index in [0.29, 0.717) is 0 Å². The van der Waals surface area contributed by atoms with Crippen molar-refractivity contribution in [3.8, 4) is 0 Å². The maximum absolute atomic E-state index is 4.57. The molecule has 2 heterocycles. The number of aromatic nitrogens is 2. The quantitative estimate of drug-likeness (QED) is 0.845. The lowest BCUT2D eigenvalue weighted by atomic mass is 10.1. The predicted octanol–water partition coefficient (Wildman–Crippen LogP) is 2.42. The van der Waals surface area contributed by atoms with Crippen LogP contribution in [0.25, 0.3) is 0 Å². The molecule has 0 aromatic carbocycles. The summed E-state index contributed by atoms with van der Waals surface area (Å²) in [6.07, 6.45) is 3.84. The van der Waals surface area contributed by atoms with Gasteiger partial charge >= 0.3 is 0 Å². The van der Waals surface area contributed by atoms with Gasteiger partial charge in [-0.05, 0) is 48.8 Å². The van der Waals surface area contributed by atoms with Crippen LogP contribution in [0.1, 0.15) is 25.0 Å². The van der Waals surface area contributed by atoms with Gasteiger partial charge in [0.1, 0.15) is 5.82 Å². The molecular formula is C11H17IN4. The van der Waals surface area contributed by atoms with Crippen LogP contribution in [0.2, 0.25) is 0 Å². The Morgan fingerprint density at radius 2 is 1.88 bits per heavy atom. The molecule has 2 rings (SSSR count). The zero-order chi connectivity index (χ0) is 11.5. The first-order valence-corrected chi connectivity index (χ1v) is 6.77. The van der Waals surface area contributed by atoms with Crippen molar-refractivity contribution >= 4 is 34.4 Å². The van der Waals surface area contributed by atoms with Crippen LogP contribution in [-0.2, 0) is 0 Å². The number of anilines is 2. The van der Waals surface area contributed by atoms with E-state index in [1.54, 1.807) is 0 Å². The summed E-state index contributed by atoms with van der Waals surface area (Å²) in [6, 6.07) is 0. The topological polar surface area (TPSA) is 41.1 Å². The average molecular weight is 332 g/mol. The minimum atomic E-state index is 0.877. The number of piperidine rings is 1. The van der Waals surface area contributed by atoms with Gasteiger partial charge in [0, 0.05) is 20.1 Å². The Bertz CT molecular complexity index is 374. The Balaban J connectivity index is 2.29. The second kappa shape index (κ2) is 5.16. The molecule has 1 aliphatic heterocycles. The number of nitrogens with zero attached hydrogens (tertiary/aromatic N) is 3. The molecule has 1 aliphatic rings. The minimum absolute atomic E-state index is 0.877. The molecule has 0 spiro atoms. The summed E-state index contributed by atoms with van der Waals surface area (Å²) >= 11 is 2.29. The molecule has 0 atom stereocenters. The molecule has 0 aliphatic carbocycles. The summed E-state index contributed by atoms with van der Waals surface area (Å²) in [5.74, 6) is 1.82. The fraction of sp³-hybridized carbons (Fsp3) is 0.636. The monoisotopic (exact) mass is 332 g/mol. The highest BCUT2D eigenvalue weighted by Crippen LogP contribution is 2.23. The zero-order valence-corrected chi connectivity index (χ0v) is 11.9. The van der Waals surface area contributed by atoms with E-state index in [0.717, 1.165) is 34.1 Å². The predicted molar refractivity (Wildman–Crippen MR) is 75.1 cm³/mol. The van der Waals surface area contributed by atoms with E-state index >= 15 is 0 Å². The number of halogens is 1. The van der Waals surface area contributed by atoms with Crippen LogP contribution < -0.4 is 10.2 Å². The van der Waals surface area contributed by atoms with E-state index in [-0.39, 0.29) is 0 Å². The molecule has 5 heteroatoms. The third-order valence-electron chi connectivity index (χ3n) is 2.88. The van der Waals surface area contributed by atoms with E-state index in [1.807, 2.05) is 14.0 Å². The Hall–Kier alpha value is -0.590. The van der Waals surface area contributed by atoms with Gasteiger partial charge in [-0.1, -0.05) is 0 Å². The molecule has 1 fully saturated rings. The van der Waals surface area contributed by atoms with Gasteiger partial charge in [0.2, 0.25) is 5.95 Å². The van der Waals surface area contributed by atoms with Crippen LogP contribution >= 0.6 is 22.6 Å². The summed E-state index contributed by atoms with van der Waals surface area (Å²) in [6.45, 7) is 4.21. The van der Waals surface area contributed by atoms with E-state index in [4.69, 9.17) is 0 Å². The second-order valence-corrected chi connectivity index (χ2v) is 5.15. The molecule has 4 nitrogen and oxygen atoms in total. The first-order chi connectivity index (χ1) is 7.72. The van der Waals surface area contributed by atoms with Crippen molar-refractivity contribution in [3.05, 3.63) is 9.26 Å². The maximum Gasteiger partial charge on any atom is 0.227 e. The van der Waals surface area contributed by atoms with Crippen molar-refractivity contribution in [1.82, 2.24) is 9.97 Å². The largest absolute Gasteiger partial charge is 0.372 e. The van der Waals surface area contributed by atoms with Crippen molar-refractivity contribution in [2.45, 2.75) is 26.2 Å². The Morgan fingerprint density at radius 3 is 2.50 bits per heavy atom. The van der Waals surface area contributed by atoms with Gasteiger partial charge in [0.15, 0.2) is 0 Å². The Labute approximate surface area is 110 Å². The normalized spacial score (nSPS) is 16.3. The van der Waals surface area contributed by atoms with Crippen molar-refractivity contribution in [2.75, 3.05) is 30.4 Å². The van der Waals surface area contributed by atoms with Gasteiger partial charge < -0.3 is 10.2 Å². The first kappa shape index (κ1) is 11.9. The van der Waals surface area contributed by atoms with Crippen molar-refractivity contribution in [1.29, 1.82) is 0 Å². The fourth-order valence-corrected chi connectivity index (χ4v) is 2.46. The molecule has 16 heavy (non-hydrogen) atoms. The summed E-state index contributed by atoms with van der Waals surface area (Å²) < 4.78 is 1.11. The Morgan fingerprint density at radius 1 is 1.19 bits per heavy atom. The van der Waals surface area contributed by atoms with E-state index in [2.05, 4.69) is 42.8 Å². The molecule has 1 N–H and O–H groups in total. The lowest BCUT2D eigenvalue weighted by Gasteiger charge is -2.27. The smallest absolute Gasteiger partial charge is 0.227 e. The van der Waals surface area contributed by atoms with Crippen LogP contribution in [0.4, 0.5) is 11.8 Å². The number of hydrogen-bond donors (Lipinski definition) is 1. The van der Waals surface area contributed by atoms with Crippen molar-refractivity contribution in [3.63, 3.8) is 0 Å². The number of hydrogen-bond acceptors (Lipinski definition) is 4. The van der Waals surface area contributed by atoms with Crippen molar-refractivity contribution < 1.29 is 0 Å². The summed E-state index contributed by atoms with van der Waals surface area (Å²) in [4.78, 5) is 11.4. The molecule has 88 valence electrons. The van der Waals surface area contributed by atoms with Crippen molar-refractivity contribution in [2.24, 2.45) is 0 Å². The van der Waals surface area contributed by atoms with Gasteiger partial charge in [-0.2, -0.15) is 4.98 Å². The molecule has 0 bridgehead atoms. The van der Waals surface area contributed by atoms with E-state index < -0.39 is 0 Å². The molecule has 0 unspecified atom stereocenters. The van der Waals surface area contributed by atoms with Gasteiger partial charge in [-0.3, -0.25) is 0 Å². The third-order valence-corrected chi connectivity index (χ3v) is 4.17. The van der Waals surface area contributed by atoms with Crippen LogP contribution in [0.5, 0.6) is 0 Å². The highest BCUT2D eigenvalue weighted by Gasteiger charge is 2.16. The summed E-state index contributed by atoms with van der Waals surface area (Å²) in [5.41, 5.74) is 1.06. The number of rotatable bonds is 2.